The highest BCUT2D eigenvalue weighted by atomic mass is 32.2. The van der Waals surface area contributed by atoms with E-state index in [0.717, 1.165) is 28.1 Å². The number of nitrogens with zero attached hydrogens (tertiary/aromatic N) is 1. The monoisotopic (exact) mass is 531 g/mol. The van der Waals surface area contributed by atoms with Crippen molar-refractivity contribution in [2.75, 3.05) is 0 Å². The summed E-state index contributed by atoms with van der Waals surface area (Å²) in [4.78, 5) is 27.0. The summed E-state index contributed by atoms with van der Waals surface area (Å²) in [5.74, 6) is -2.72. The normalized spacial score (nSPS) is 15.2. The van der Waals surface area contributed by atoms with E-state index in [-0.39, 0.29) is 12.5 Å². The molecule has 10 heteroatoms. The maximum absolute atomic E-state index is 13.6. The van der Waals surface area contributed by atoms with Crippen LogP contribution in [0.2, 0.25) is 0 Å². The molecular formula is C25H19F2NO4S3. The zero-order valence-corrected chi connectivity index (χ0v) is 21.0. The molecule has 1 aliphatic heterocycles. The molecule has 1 aromatic heterocycles. The second-order valence-corrected chi connectivity index (χ2v) is 10.8. The number of benzene rings is 2. The smallest absolute Gasteiger partial charge is 0.347 e. The van der Waals surface area contributed by atoms with Gasteiger partial charge in [0.25, 0.3) is 5.91 Å². The lowest BCUT2D eigenvalue weighted by atomic mass is 10.1. The maximum atomic E-state index is 13.6. The number of thiocarbonyl (C=S) groups is 1. The first kappa shape index (κ1) is 25.0. The number of ether oxygens (including phenoxy) is 1. The molecule has 0 aliphatic carbocycles. The van der Waals surface area contributed by atoms with Crippen LogP contribution < -0.4 is 4.74 Å². The van der Waals surface area contributed by atoms with Gasteiger partial charge in [-0.1, -0.05) is 42.2 Å². The van der Waals surface area contributed by atoms with Crippen LogP contribution in [0.25, 0.3) is 17.2 Å². The predicted octanol–water partition coefficient (Wildman–Crippen LogP) is 6.34. The van der Waals surface area contributed by atoms with Gasteiger partial charge in [-0.15, -0.1) is 11.3 Å². The Labute approximate surface area is 214 Å². The van der Waals surface area contributed by atoms with E-state index in [2.05, 4.69) is 0 Å². The van der Waals surface area contributed by atoms with Crippen molar-refractivity contribution in [1.29, 1.82) is 0 Å². The molecule has 2 heterocycles. The summed E-state index contributed by atoms with van der Waals surface area (Å²) in [5, 5.41) is 11.0. The van der Waals surface area contributed by atoms with Gasteiger partial charge >= 0.3 is 5.97 Å². The number of thiophene rings is 1. The Hall–Kier alpha value is -3.08. The van der Waals surface area contributed by atoms with Gasteiger partial charge in [0.2, 0.25) is 0 Å². The van der Waals surface area contributed by atoms with Gasteiger partial charge in [-0.25, -0.2) is 13.6 Å². The van der Waals surface area contributed by atoms with E-state index in [0.29, 0.717) is 20.5 Å². The Bertz CT molecular complexity index is 1350. The Morgan fingerprint density at radius 3 is 2.49 bits per heavy atom. The van der Waals surface area contributed by atoms with Gasteiger partial charge in [0.15, 0.2) is 17.2 Å². The highest BCUT2D eigenvalue weighted by Gasteiger charge is 2.32. The first-order valence-corrected chi connectivity index (χ1v) is 12.4. The maximum Gasteiger partial charge on any atom is 0.347 e. The van der Waals surface area contributed by atoms with Crippen LogP contribution in [0.1, 0.15) is 24.3 Å². The molecule has 0 radical (unpaired) electrons. The summed E-state index contributed by atoms with van der Waals surface area (Å²) in [6, 6.07) is 12.3. The number of rotatable bonds is 7. The molecular weight excluding hydrogens is 512 g/mol. The molecule has 0 unspecified atom stereocenters. The number of carbonyl (C=O) groups is 2. The van der Waals surface area contributed by atoms with Gasteiger partial charge in [-0.05, 0) is 72.3 Å². The van der Waals surface area contributed by atoms with Crippen LogP contribution in [0.5, 0.6) is 5.75 Å². The predicted molar refractivity (Wildman–Crippen MR) is 137 cm³/mol. The molecule has 5 nitrogen and oxygen atoms in total. The molecule has 1 amide bonds. The Balaban J connectivity index is 1.45. The van der Waals surface area contributed by atoms with E-state index in [1.807, 2.05) is 5.38 Å². The van der Waals surface area contributed by atoms with Crippen molar-refractivity contribution in [2.45, 2.75) is 26.0 Å². The van der Waals surface area contributed by atoms with E-state index in [1.165, 1.54) is 47.9 Å². The standard InChI is InChI=1S/C25H19F2NO4S3/c1-25(2,23(30)31)32-17-6-3-14(4-7-17)12-28-22(29)21(35-24(28)33)11-18-9-16(13-34-18)15-5-8-19(26)20(27)10-15/h3-11,13H,12H2,1-2H3,(H,30,31). The summed E-state index contributed by atoms with van der Waals surface area (Å²) >= 11 is 7.99. The number of carboxylic acids is 1. The van der Waals surface area contributed by atoms with Crippen molar-refractivity contribution in [3.8, 4) is 16.9 Å². The molecule has 0 bridgehead atoms. The third-order valence-corrected chi connectivity index (χ3v) is 7.43. The molecule has 2 aromatic carbocycles. The van der Waals surface area contributed by atoms with E-state index in [9.17, 15) is 23.5 Å². The van der Waals surface area contributed by atoms with Crippen LogP contribution in [0.3, 0.4) is 0 Å². The molecule has 1 N–H and O–H groups in total. The molecule has 1 fully saturated rings. The van der Waals surface area contributed by atoms with Gasteiger partial charge in [0.05, 0.1) is 11.4 Å². The number of aliphatic carboxylic acids is 1. The zero-order chi connectivity index (χ0) is 25.3. The number of amides is 1. The number of halogens is 2. The van der Waals surface area contributed by atoms with Gasteiger partial charge in [0, 0.05) is 4.88 Å². The quantitative estimate of drug-likeness (QED) is 0.284. The molecule has 0 spiro atoms. The third-order valence-electron chi connectivity index (χ3n) is 5.17. The molecule has 35 heavy (non-hydrogen) atoms. The highest BCUT2D eigenvalue weighted by molar-refractivity contribution is 8.26. The Kier molecular flexibility index (Phi) is 7.07. The average Bonchev–Trinajstić information content (AvgIpc) is 3.37. The second kappa shape index (κ2) is 9.88. The summed E-state index contributed by atoms with van der Waals surface area (Å²) in [5.41, 5.74) is 0.715. The van der Waals surface area contributed by atoms with Gasteiger partial charge < -0.3 is 9.84 Å². The largest absolute Gasteiger partial charge is 0.478 e. The molecule has 3 aromatic rings. The number of thioether (sulfide) groups is 1. The van der Waals surface area contributed by atoms with Crippen molar-refractivity contribution in [2.24, 2.45) is 0 Å². The Morgan fingerprint density at radius 1 is 1.11 bits per heavy atom. The fourth-order valence-corrected chi connectivity index (χ4v) is 5.37. The van der Waals surface area contributed by atoms with E-state index < -0.39 is 23.2 Å². The first-order chi connectivity index (χ1) is 16.5. The Morgan fingerprint density at radius 2 is 1.83 bits per heavy atom. The van der Waals surface area contributed by atoms with Crippen molar-refractivity contribution < 1.29 is 28.2 Å². The number of hydrogen-bond acceptors (Lipinski definition) is 6. The van der Waals surface area contributed by atoms with E-state index in [4.69, 9.17) is 17.0 Å². The van der Waals surface area contributed by atoms with Gasteiger partial charge in [-0.3, -0.25) is 9.69 Å². The van der Waals surface area contributed by atoms with Crippen molar-refractivity contribution in [3.05, 3.63) is 80.9 Å². The van der Waals surface area contributed by atoms with E-state index in [1.54, 1.807) is 36.4 Å². The fourth-order valence-electron chi connectivity index (χ4n) is 3.20. The lowest BCUT2D eigenvalue weighted by Crippen LogP contribution is -2.37. The van der Waals surface area contributed by atoms with Crippen molar-refractivity contribution in [3.63, 3.8) is 0 Å². The van der Waals surface area contributed by atoms with Crippen LogP contribution in [0, 0.1) is 11.6 Å². The minimum Gasteiger partial charge on any atom is -0.478 e. The van der Waals surface area contributed by atoms with Gasteiger partial charge in [-0.2, -0.15) is 0 Å². The molecule has 1 aliphatic rings. The molecule has 0 atom stereocenters. The van der Waals surface area contributed by atoms with Crippen LogP contribution in [0.4, 0.5) is 8.78 Å². The summed E-state index contributed by atoms with van der Waals surface area (Å²) < 4.78 is 32.7. The number of carboxylic acid groups (broad SMARTS) is 1. The molecule has 0 saturated carbocycles. The number of carbonyl (C=O) groups excluding carboxylic acids is 1. The summed E-state index contributed by atoms with van der Waals surface area (Å²) in [6.45, 7) is 3.18. The van der Waals surface area contributed by atoms with Crippen molar-refractivity contribution >= 4 is 57.6 Å². The molecule has 1 saturated heterocycles. The summed E-state index contributed by atoms with van der Waals surface area (Å²) in [6.07, 6.45) is 1.73. The summed E-state index contributed by atoms with van der Waals surface area (Å²) in [7, 11) is 0. The van der Waals surface area contributed by atoms with Crippen LogP contribution >= 0.6 is 35.3 Å². The number of hydrogen-bond donors (Lipinski definition) is 1. The lowest BCUT2D eigenvalue weighted by Gasteiger charge is -2.21. The van der Waals surface area contributed by atoms with Crippen molar-refractivity contribution in [1.82, 2.24) is 4.90 Å². The third kappa shape index (κ3) is 5.61. The highest BCUT2D eigenvalue weighted by Crippen LogP contribution is 2.36. The molecule has 180 valence electrons. The average molecular weight is 532 g/mol. The van der Waals surface area contributed by atoms with E-state index >= 15 is 0 Å². The molecule has 4 rings (SSSR count). The zero-order valence-electron chi connectivity index (χ0n) is 18.6. The minimum absolute atomic E-state index is 0.227. The topological polar surface area (TPSA) is 66.8 Å². The van der Waals surface area contributed by atoms with Gasteiger partial charge in [0.1, 0.15) is 10.1 Å². The van der Waals surface area contributed by atoms with Crippen LogP contribution in [-0.4, -0.2) is 31.8 Å². The lowest BCUT2D eigenvalue weighted by molar-refractivity contribution is -0.152. The fraction of sp³-hybridized carbons (Fsp3) is 0.160. The second-order valence-electron chi connectivity index (χ2n) is 8.20. The van der Waals surface area contributed by atoms with Crippen LogP contribution in [0.15, 0.2) is 58.8 Å². The minimum atomic E-state index is -1.36. The SMILES string of the molecule is CC(C)(Oc1ccc(CN2C(=O)C(=Cc3cc(-c4ccc(F)c(F)c4)cs3)SC2=S)cc1)C(=O)O. The van der Waals surface area contributed by atoms with Crippen LogP contribution in [-0.2, 0) is 16.1 Å². The first-order valence-electron chi connectivity index (χ1n) is 10.3.